The van der Waals surface area contributed by atoms with Gasteiger partial charge in [0.25, 0.3) is 5.56 Å². The molecule has 2 aromatic heterocycles. The highest BCUT2D eigenvalue weighted by molar-refractivity contribution is 5.41. The van der Waals surface area contributed by atoms with Gasteiger partial charge in [0.2, 0.25) is 0 Å². The largest absolute Gasteiger partial charge is 0.381 e. The van der Waals surface area contributed by atoms with E-state index in [4.69, 9.17) is 0 Å². The third-order valence-corrected chi connectivity index (χ3v) is 3.16. The molecule has 1 aliphatic rings. The van der Waals surface area contributed by atoms with Crippen LogP contribution in [0.4, 0.5) is 5.69 Å². The average molecular weight is 259 g/mol. The Bertz CT molecular complexity index is 626. The van der Waals surface area contributed by atoms with E-state index < -0.39 is 0 Å². The molecule has 0 aliphatic heterocycles. The second kappa shape index (κ2) is 4.87. The third-order valence-electron chi connectivity index (χ3n) is 3.16. The van der Waals surface area contributed by atoms with E-state index >= 15 is 0 Å². The first-order valence-corrected chi connectivity index (χ1v) is 6.59. The first-order valence-electron chi connectivity index (χ1n) is 6.59. The quantitative estimate of drug-likeness (QED) is 0.872. The van der Waals surface area contributed by atoms with Crippen LogP contribution in [0.3, 0.4) is 0 Å². The molecule has 0 radical (unpaired) electrons. The summed E-state index contributed by atoms with van der Waals surface area (Å²) in [6.45, 7) is 3.31. The monoisotopic (exact) mass is 259 g/mol. The van der Waals surface area contributed by atoms with Crippen molar-refractivity contribution in [2.24, 2.45) is 0 Å². The van der Waals surface area contributed by atoms with Crippen LogP contribution in [0.25, 0.3) is 0 Å². The molecule has 0 amide bonds. The summed E-state index contributed by atoms with van der Waals surface area (Å²) in [7, 11) is 0. The molecule has 0 bridgehead atoms. The molecule has 6 heteroatoms. The number of hydrogen-bond donors (Lipinski definition) is 1. The van der Waals surface area contributed by atoms with Gasteiger partial charge >= 0.3 is 0 Å². The second-order valence-corrected chi connectivity index (χ2v) is 4.86. The summed E-state index contributed by atoms with van der Waals surface area (Å²) in [5, 5.41) is 11.6. The van der Waals surface area contributed by atoms with E-state index in [0.29, 0.717) is 12.6 Å². The summed E-state index contributed by atoms with van der Waals surface area (Å²) in [5.74, 6) is 0. The molecule has 1 saturated carbocycles. The van der Waals surface area contributed by atoms with Crippen molar-refractivity contribution in [1.82, 2.24) is 19.6 Å². The molecular formula is C13H17N5O. The maximum Gasteiger partial charge on any atom is 0.269 e. The number of rotatable bonds is 5. The van der Waals surface area contributed by atoms with Crippen molar-refractivity contribution in [1.29, 1.82) is 0 Å². The van der Waals surface area contributed by atoms with Gasteiger partial charge < -0.3 is 5.32 Å². The topological polar surface area (TPSA) is 64.7 Å². The zero-order valence-electron chi connectivity index (χ0n) is 10.9. The number of hydrogen-bond acceptors (Lipinski definition) is 4. The number of nitrogens with one attached hydrogen (secondary N) is 1. The highest BCUT2D eigenvalue weighted by Crippen LogP contribution is 2.23. The lowest BCUT2D eigenvalue weighted by Gasteiger charge is -2.06. The van der Waals surface area contributed by atoms with Gasteiger partial charge in [-0.25, -0.2) is 4.68 Å². The summed E-state index contributed by atoms with van der Waals surface area (Å²) < 4.78 is 3.29. The van der Waals surface area contributed by atoms with E-state index in [9.17, 15) is 4.79 Å². The maximum atomic E-state index is 12.0. The molecule has 0 saturated heterocycles. The lowest BCUT2D eigenvalue weighted by Crippen LogP contribution is -2.23. The van der Waals surface area contributed by atoms with Crippen molar-refractivity contribution in [3.8, 4) is 0 Å². The van der Waals surface area contributed by atoms with E-state index in [-0.39, 0.29) is 5.56 Å². The number of aromatic nitrogens is 4. The van der Waals surface area contributed by atoms with Crippen LogP contribution in [0, 0.1) is 0 Å². The van der Waals surface area contributed by atoms with E-state index in [1.807, 2.05) is 17.8 Å². The van der Waals surface area contributed by atoms with Gasteiger partial charge in [-0.1, -0.05) is 0 Å². The summed E-state index contributed by atoms with van der Waals surface area (Å²) >= 11 is 0. The van der Waals surface area contributed by atoms with Gasteiger partial charge in [0.1, 0.15) is 0 Å². The number of aryl methyl sites for hydroxylation is 1. The van der Waals surface area contributed by atoms with Gasteiger partial charge in [-0.05, 0) is 19.8 Å². The summed E-state index contributed by atoms with van der Waals surface area (Å²) in [5.41, 5.74) is 1.71. The Labute approximate surface area is 111 Å². The van der Waals surface area contributed by atoms with Crippen LogP contribution in [0.5, 0.6) is 0 Å². The summed E-state index contributed by atoms with van der Waals surface area (Å²) in [6.07, 6.45) is 7.78. The van der Waals surface area contributed by atoms with Gasteiger partial charge in [0, 0.05) is 30.4 Å². The zero-order valence-corrected chi connectivity index (χ0v) is 10.9. The fraction of sp³-hybridized carbons (Fsp3) is 0.462. The molecule has 19 heavy (non-hydrogen) atoms. The molecule has 0 atom stereocenters. The zero-order chi connectivity index (χ0) is 13.2. The van der Waals surface area contributed by atoms with Crippen LogP contribution in [-0.4, -0.2) is 25.6 Å². The Morgan fingerprint density at radius 2 is 2.21 bits per heavy atom. The standard InChI is InChI=1S/C13H17N5O/c1-2-17-8-10(6-14-17)9-18-13(19)5-12(7-15-18)16-11-3-4-11/h5-8,11,16H,2-4,9H2,1H3. The van der Waals surface area contributed by atoms with Crippen LogP contribution >= 0.6 is 0 Å². The molecule has 3 rings (SSSR count). The minimum Gasteiger partial charge on any atom is -0.381 e. The Morgan fingerprint density at radius 3 is 2.84 bits per heavy atom. The van der Waals surface area contributed by atoms with Crippen molar-refractivity contribution in [3.05, 3.63) is 40.6 Å². The molecule has 2 heterocycles. The van der Waals surface area contributed by atoms with Crippen molar-refractivity contribution in [2.75, 3.05) is 5.32 Å². The lowest BCUT2D eigenvalue weighted by molar-refractivity contribution is 0.634. The fourth-order valence-electron chi connectivity index (χ4n) is 1.93. The predicted molar refractivity (Wildman–Crippen MR) is 72.1 cm³/mol. The smallest absolute Gasteiger partial charge is 0.269 e. The van der Waals surface area contributed by atoms with Crippen LogP contribution < -0.4 is 10.9 Å². The molecule has 6 nitrogen and oxygen atoms in total. The molecule has 0 aromatic carbocycles. The minimum atomic E-state index is -0.0881. The van der Waals surface area contributed by atoms with Crippen molar-refractivity contribution in [3.63, 3.8) is 0 Å². The molecule has 0 unspecified atom stereocenters. The van der Waals surface area contributed by atoms with E-state index in [0.717, 1.165) is 17.8 Å². The van der Waals surface area contributed by atoms with Crippen LogP contribution in [-0.2, 0) is 13.1 Å². The lowest BCUT2D eigenvalue weighted by atomic mass is 10.3. The normalized spacial score (nSPS) is 14.6. The Hall–Kier alpha value is -2.11. The highest BCUT2D eigenvalue weighted by atomic mass is 16.1. The van der Waals surface area contributed by atoms with Crippen molar-refractivity contribution < 1.29 is 0 Å². The SMILES string of the molecule is CCn1cc(Cn2ncc(NC3CC3)cc2=O)cn1. The number of nitrogens with zero attached hydrogens (tertiary/aromatic N) is 4. The van der Waals surface area contributed by atoms with Gasteiger partial charge in [0.05, 0.1) is 24.6 Å². The molecule has 0 spiro atoms. The first kappa shape index (κ1) is 12.0. The van der Waals surface area contributed by atoms with E-state index in [2.05, 4.69) is 15.5 Å². The predicted octanol–water partition coefficient (Wildman–Crippen LogP) is 1.08. The minimum absolute atomic E-state index is 0.0881. The summed E-state index contributed by atoms with van der Waals surface area (Å²) in [6, 6.07) is 2.13. The second-order valence-electron chi connectivity index (χ2n) is 4.86. The fourth-order valence-corrected chi connectivity index (χ4v) is 1.93. The van der Waals surface area contributed by atoms with Gasteiger partial charge in [-0.3, -0.25) is 9.48 Å². The van der Waals surface area contributed by atoms with E-state index in [1.54, 1.807) is 18.5 Å². The van der Waals surface area contributed by atoms with Crippen molar-refractivity contribution in [2.45, 2.75) is 38.9 Å². The Morgan fingerprint density at radius 1 is 1.37 bits per heavy atom. The van der Waals surface area contributed by atoms with Crippen LogP contribution in [0.2, 0.25) is 0 Å². The average Bonchev–Trinajstić information content (AvgIpc) is 3.09. The van der Waals surface area contributed by atoms with Crippen LogP contribution in [0.1, 0.15) is 25.3 Å². The van der Waals surface area contributed by atoms with Gasteiger partial charge in [-0.2, -0.15) is 10.2 Å². The molecule has 1 aliphatic carbocycles. The van der Waals surface area contributed by atoms with Crippen LogP contribution in [0.15, 0.2) is 29.5 Å². The summed E-state index contributed by atoms with van der Waals surface area (Å²) in [4.78, 5) is 12.0. The van der Waals surface area contributed by atoms with Crippen molar-refractivity contribution >= 4 is 5.69 Å². The maximum absolute atomic E-state index is 12.0. The molecule has 2 aromatic rings. The molecule has 1 N–H and O–H groups in total. The molecular weight excluding hydrogens is 242 g/mol. The Kier molecular flexibility index (Phi) is 3.06. The molecule has 1 fully saturated rings. The first-order chi connectivity index (χ1) is 9.24. The van der Waals surface area contributed by atoms with Gasteiger partial charge in [-0.15, -0.1) is 0 Å². The number of anilines is 1. The highest BCUT2D eigenvalue weighted by Gasteiger charge is 2.21. The molecule has 100 valence electrons. The van der Waals surface area contributed by atoms with Gasteiger partial charge in [0.15, 0.2) is 0 Å². The van der Waals surface area contributed by atoms with E-state index in [1.165, 1.54) is 17.5 Å². The third kappa shape index (κ3) is 2.83. The Balaban J connectivity index is 1.74.